The standard InChI is InChI=1S/C31H21NO5/c33-24-16-14-21(15-17-24)28-27(31(35)22-10-5-2-6-11-22)19-26(20-8-3-1-4-9-20)30(32(36)37)29(28)23-12-7-13-25(34)18-23/h1-19,33-34H. The fourth-order valence-electron chi connectivity index (χ4n) is 4.49. The molecule has 37 heavy (non-hydrogen) atoms. The first-order valence-electron chi connectivity index (χ1n) is 11.5. The molecule has 5 aromatic rings. The summed E-state index contributed by atoms with van der Waals surface area (Å²) in [6.07, 6.45) is 0. The minimum atomic E-state index is -0.456. The monoisotopic (exact) mass is 487 g/mol. The van der Waals surface area contributed by atoms with Crippen LogP contribution < -0.4 is 0 Å². The highest BCUT2D eigenvalue weighted by atomic mass is 16.6. The van der Waals surface area contributed by atoms with E-state index in [0.717, 1.165) is 0 Å². The molecule has 2 N–H and O–H groups in total. The molecular weight excluding hydrogens is 466 g/mol. The van der Waals surface area contributed by atoms with Crippen molar-refractivity contribution in [2.75, 3.05) is 0 Å². The van der Waals surface area contributed by atoms with Gasteiger partial charge in [-0.2, -0.15) is 0 Å². The van der Waals surface area contributed by atoms with Crippen LogP contribution in [0.5, 0.6) is 11.5 Å². The van der Waals surface area contributed by atoms with Gasteiger partial charge in [0.15, 0.2) is 5.78 Å². The van der Waals surface area contributed by atoms with Crippen LogP contribution >= 0.6 is 0 Å². The Morgan fingerprint density at radius 2 is 1.24 bits per heavy atom. The maximum absolute atomic E-state index is 14.0. The molecule has 0 spiro atoms. The minimum absolute atomic E-state index is 0.0222. The molecule has 0 atom stereocenters. The Morgan fingerprint density at radius 1 is 0.622 bits per heavy atom. The molecule has 5 aromatic carbocycles. The molecular formula is C31H21NO5. The predicted molar refractivity (Wildman–Crippen MR) is 143 cm³/mol. The smallest absolute Gasteiger partial charge is 0.285 e. The third kappa shape index (κ3) is 4.56. The Hall–Kier alpha value is -5.23. The molecule has 0 amide bonds. The zero-order chi connectivity index (χ0) is 25.9. The Balaban J connectivity index is 1.98. The highest BCUT2D eigenvalue weighted by Crippen LogP contribution is 2.48. The van der Waals surface area contributed by atoms with Crippen molar-refractivity contribution >= 4 is 11.5 Å². The van der Waals surface area contributed by atoms with Crippen LogP contribution in [0.2, 0.25) is 0 Å². The van der Waals surface area contributed by atoms with E-state index in [4.69, 9.17) is 0 Å². The maximum Gasteiger partial charge on any atom is 0.285 e. The lowest BCUT2D eigenvalue weighted by atomic mass is 9.83. The number of rotatable bonds is 6. The molecule has 0 radical (unpaired) electrons. The lowest BCUT2D eigenvalue weighted by Crippen LogP contribution is -2.08. The molecule has 0 aliphatic heterocycles. The van der Waals surface area contributed by atoms with Crippen molar-refractivity contribution < 1.29 is 19.9 Å². The summed E-state index contributed by atoms with van der Waals surface area (Å²) in [4.78, 5) is 26.2. The van der Waals surface area contributed by atoms with Crippen molar-refractivity contribution in [2.24, 2.45) is 0 Å². The van der Waals surface area contributed by atoms with Crippen molar-refractivity contribution in [3.8, 4) is 44.9 Å². The molecule has 0 fully saturated rings. The second-order valence-electron chi connectivity index (χ2n) is 8.49. The number of phenols is 2. The number of nitrogens with zero attached hydrogens (tertiary/aromatic N) is 1. The quantitative estimate of drug-likeness (QED) is 0.149. The zero-order valence-corrected chi connectivity index (χ0v) is 19.5. The predicted octanol–water partition coefficient (Wildman–Crippen LogP) is 7.24. The van der Waals surface area contributed by atoms with Crippen LogP contribution in [0, 0.1) is 10.1 Å². The third-order valence-corrected chi connectivity index (χ3v) is 6.14. The highest BCUT2D eigenvalue weighted by molar-refractivity contribution is 6.17. The Labute approximate surface area is 212 Å². The lowest BCUT2D eigenvalue weighted by molar-refractivity contribution is -0.383. The number of carbonyl (C=O) groups excluding carboxylic acids is 1. The molecule has 6 nitrogen and oxygen atoms in total. The van der Waals surface area contributed by atoms with E-state index >= 15 is 0 Å². The van der Waals surface area contributed by atoms with E-state index in [-0.39, 0.29) is 39.7 Å². The summed E-state index contributed by atoms with van der Waals surface area (Å²) in [5.74, 6) is -0.351. The van der Waals surface area contributed by atoms with Gasteiger partial charge in [0.2, 0.25) is 0 Å². The van der Waals surface area contributed by atoms with Gasteiger partial charge in [0.05, 0.1) is 16.1 Å². The van der Waals surface area contributed by atoms with Gasteiger partial charge in [-0.1, -0.05) is 84.9 Å². The van der Waals surface area contributed by atoms with Gasteiger partial charge in [-0.05, 0) is 47.0 Å². The van der Waals surface area contributed by atoms with E-state index < -0.39 is 4.92 Å². The van der Waals surface area contributed by atoms with E-state index in [2.05, 4.69) is 0 Å². The molecule has 6 heteroatoms. The van der Waals surface area contributed by atoms with Crippen LogP contribution in [-0.2, 0) is 0 Å². The number of nitro benzene ring substituents is 1. The van der Waals surface area contributed by atoms with Gasteiger partial charge in [0.1, 0.15) is 11.5 Å². The number of benzene rings is 5. The summed E-state index contributed by atoms with van der Waals surface area (Å²) in [6.45, 7) is 0. The van der Waals surface area contributed by atoms with Gasteiger partial charge >= 0.3 is 0 Å². The van der Waals surface area contributed by atoms with Gasteiger partial charge in [-0.3, -0.25) is 14.9 Å². The van der Waals surface area contributed by atoms with Gasteiger partial charge in [0.25, 0.3) is 5.69 Å². The average Bonchev–Trinajstić information content (AvgIpc) is 2.93. The van der Waals surface area contributed by atoms with Gasteiger partial charge in [-0.15, -0.1) is 0 Å². The van der Waals surface area contributed by atoms with Crippen molar-refractivity contribution in [3.05, 3.63) is 137 Å². The van der Waals surface area contributed by atoms with Gasteiger partial charge < -0.3 is 10.2 Å². The molecule has 180 valence electrons. The normalized spacial score (nSPS) is 10.7. The SMILES string of the molecule is O=C(c1ccccc1)c1cc(-c2ccccc2)c([N+](=O)[O-])c(-c2cccc(O)c2)c1-c1ccc(O)cc1. The summed E-state index contributed by atoms with van der Waals surface area (Å²) >= 11 is 0. The largest absolute Gasteiger partial charge is 0.508 e. The second kappa shape index (κ2) is 9.79. The first kappa shape index (κ1) is 23.5. The van der Waals surface area contributed by atoms with Gasteiger partial charge in [0, 0.05) is 16.7 Å². The van der Waals surface area contributed by atoms with Crippen LogP contribution in [0.15, 0.2) is 115 Å². The Kier molecular flexibility index (Phi) is 6.22. The number of ketones is 1. The van der Waals surface area contributed by atoms with Crippen LogP contribution in [0.25, 0.3) is 33.4 Å². The molecule has 0 saturated heterocycles. The third-order valence-electron chi connectivity index (χ3n) is 6.14. The molecule has 0 aliphatic rings. The number of hydrogen-bond acceptors (Lipinski definition) is 5. The van der Waals surface area contributed by atoms with E-state index in [1.54, 1.807) is 84.9 Å². The minimum Gasteiger partial charge on any atom is -0.508 e. The van der Waals surface area contributed by atoms with Gasteiger partial charge in [-0.25, -0.2) is 0 Å². The number of nitro groups is 1. The molecule has 0 aliphatic carbocycles. The maximum atomic E-state index is 14.0. The Bertz CT molecular complexity index is 1610. The number of hydrogen-bond donors (Lipinski definition) is 2. The summed E-state index contributed by atoms with van der Waals surface area (Å²) in [6, 6.07) is 31.5. The van der Waals surface area contributed by atoms with Crippen LogP contribution in [0.3, 0.4) is 0 Å². The average molecular weight is 488 g/mol. The Morgan fingerprint density at radius 3 is 1.86 bits per heavy atom. The van der Waals surface area contributed by atoms with Crippen LogP contribution in [0.1, 0.15) is 15.9 Å². The summed E-state index contributed by atoms with van der Waals surface area (Å²) in [7, 11) is 0. The van der Waals surface area contributed by atoms with Crippen molar-refractivity contribution in [3.63, 3.8) is 0 Å². The first-order valence-corrected chi connectivity index (χ1v) is 11.5. The van der Waals surface area contributed by atoms with Crippen LogP contribution in [0.4, 0.5) is 5.69 Å². The number of carbonyl (C=O) groups is 1. The molecule has 5 rings (SSSR count). The summed E-state index contributed by atoms with van der Waals surface area (Å²) in [5, 5.41) is 32.9. The zero-order valence-electron chi connectivity index (χ0n) is 19.5. The number of aromatic hydroxyl groups is 2. The van der Waals surface area contributed by atoms with Crippen molar-refractivity contribution in [1.29, 1.82) is 0 Å². The fraction of sp³-hybridized carbons (Fsp3) is 0. The van der Waals surface area contributed by atoms with E-state index in [0.29, 0.717) is 27.8 Å². The first-order chi connectivity index (χ1) is 17.9. The molecule has 0 aromatic heterocycles. The molecule has 0 unspecified atom stereocenters. The summed E-state index contributed by atoms with van der Waals surface area (Å²) < 4.78 is 0. The highest BCUT2D eigenvalue weighted by Gasteiger charge is 2.31. The van der Waals surface area contributed by atoms with E-state index in [9.17, 15) is 25.1 Å². The molecule has 0 saturated carbocycles. The second-order valence-corrected chi connectivity index (χ2v) is 8.49. The molecule has 0 heterocycles. The summed E-state index contributed by atoms with van der Waals surface area (Å²) in [5.41, 5.74) is 2.80. The lowest BCUT2D eigenvalue weighted by Gasteiger charge is -2.19. The van der Waals surface area contributed by atoms with Crippen LogP contribution in [-0.4, -0.2) is 20.9 Å². The van der Waals surface area contributed by atoms with Crippen molar-refractivity contribution in [2.45, 2.75) is 0 Å². The van der Waals surface area contributed by atoms with E-state index in [1.165, 1.54) is 24.3 Å². The molecule has 0 bridgehead atoms. The topological polar surface area (TPSA) is 101 Å². The fourth-order valence-corrected chi connectivity index (χ4v) is 4.49. The van der Waals surface area contributed by atoms with Crippen molar-refractivity contribution in [1.82, 2.24) is 0 Å². The van der Waals surface area contributed by atoms with E-state index in [1.807, 2.05) is 6.07 Å². The number of phenolic OH excluding ortho intramolecular Hbond substituents is 2.